The molecule has 0 bridgehead atoms. The molecule has 29 heavy (non-hydrogen) atoms. The van der Waals surface area contributed by atoms with Crippen LogP contribution in [0.3, 0.4) is 0 Å². The predicted octanol–water partition coefficient (Wildman–Crippen LogP) is 4.95. The van der Waals surface area contributed by atoms with Crippen LogP contribution in [0.5, 0.6) is 0 Å². The summed E-state index contributed by atoms with van der Waals surface area (Å²) in [6.45, 7) is -0.546. The number of ether oxygens (including phenoxy) is 1. The van der Waals surface area contributed by atoms with Gasteiger partial charge in [-0.25, -0.2) is 13.6 Å². The van der Waals surface area contributed by atoms with Crippen molar-refractivity contribution in [3.05, 3.63) is 65.5 Å². The summed E-state index contributed by atoms with van der Waals surface area (Å²) in [4.78, 5) is 17.1. The van der Waals surface area contributed by atoms with Crippen LogP contribution in [0.25, 0.3) is 0 Å². The number of hydrogen-bond acceptors (Lipinski definition) is 3. The van der Waals surface area contributed by atoms with E-state index in [-0.39, 0.29) is 31.0 Å². The Morgan fingerprint density at radius 2 is 1.93 bits per heavy atom. The topological polar surface area (TPSA) is 42.4 Å². The van der Waals surface area contributed by atoms with Gasteiger partial charge in [-0.1, -0.05) is 30.3 Å². The first-order valence-electron chi connectivity index (χ1n) is 8.99. The first kappa shape index (κ1) is 21.0. The monoisotopic (exact) mass is 414 g/mol. The molecule has 2 heterocycles. The lowest BCUT2D eigenvalue weighted by atomic mass is 9.87. The fraction of sp³-hybridized carbons (Fsp3) is 0.400. The first-order chi connectivity index (χ1) is 13.6. The van der Waals surface area contributed by atoms with E-state index in [2.05, 4.69) is 4.98 Å². The van der Waals surface area contributed by atoms with Gasteiger partial charge in [-0.05, 0) is 23.3 Å². The molecule has 1 aromatic carbocycles. The molecule has 1 fully saturated rings. The van der Waals surface area contributed by atoms with E-state index in [1.165, 1.54) is 6.07 Å². The maximum absolute atomic E-state index is 14.5. The van der Waals surface area contributed by atoms with Crippen LogP contribution in [0.1, 0.15) is 29.2 Å². The number of likely N-dealkylation sites (tertiary alicyclic amines) is 1. The normalized spacial score (nSPS) is 19.1. The van der Waals surface area contributed by atoms with Crippen molar-refractivity contribution in [2.24, 2.45) is 0 Å². The van der Waals surface area contributed by atoms with E-state index in [1.54, 1.807) is 24.3 Å². The molecule has 1 amide bonds. The number of nitrogens with zero attached hydrogens (tertiary/aromatic N) is 2. The van der Waals surface area contributed by atoms with Gasteiger partial charge in [0, 0.05) is 31.4 Å². The van der Waals surface area contributed by atoms with E-state index >= 15 is 0 Å². The molecule has 3 rings (SSSR count). The van der Waals surface area contributed by atoms with Crippen molar-refractivity contribution in [2.45, 2.75) is 37.5 Å². The zero-order valence-corrected chi connectivity index (χ0v) is 15.3. The summed E-state index contributed by atoms with van der Waals surface area (Å²) in [5.74, 6) is -4.59. The molecule has 2 aromatic rings. The summed E-state index contributed by atoms with van der Waals surface area (Å²) in [5.41, 5.74) is 0.435. The molecule has 0 aliphatic carbocycles. The largest absolute Gasteiger partial charge is 0.445 e. The average Bonchev–Trinajstić information content (AvgIpc) is 2.65. The van der Waals surface area contributed by atoms with Gasteiger partial charge < -0.3 is 9.64 Å². The molecule has 1 aliphatic heterocycles. The SMILES string of the molecule is O=C(OCc1ccccc1)N1CCC(F)(F)C(c2ccnc(CC(F)(F)F)c2)C1. The van der Waals surface area contributed by atoms with E-state index in [0.29, 0.717) is 0 Å². The van der Waals surface area contributed by atoms with Crippen LogP contribution >= 0.6 is 0 Å². The second-order valence-corrected chi connectivity index (χ2v) is 6.92. The summed E-state index contributed by atoms with van der Waals surface area (Å²) >= 11 is 0. The third-order valence-electron chi connectivity index (χ3n) is 4.72. The Hall–Kier alpha value is -2.71. The van der Waals surface area contributed by atoms with Crippen LogP contribution in [0.15, 0.2) is 48.7 Å². The molecule has 0 spiro atoms. The van der Waals surface area contributed by atoms with Gasteiger partial charge in [0.05, 0.1) is 12.3 Å². The number of hydrogen-bond donors (Lipinski definition) is 0. The molecule has 0 radical (unpaired) electrons. The van der Waals surface area contributed by atoms with E-state index < -0.39 is 37.0 Å². The highest BCUT2D eigenvalue weighted by Gasteiger charge is 2.46. The summed E-state index contributed by atoms with van der Waals surface area (Å²) < 4.78 is 72.0. The highest BCUT2D eigenvalue weighted by Crippen LogP contribution is 2.40. The van der Waals surface area contributed by atoms with Gasteiger partial charge >= 0.3 is 12.3 Å². The predicted molar refractivity (Wildman–Crippen MR) is 94.5 cm³/mol. The fourth-order valence-corrected chi connectivity index (χ4v) is 3.24. The van der Waals surface area contributed by atoms with Crippen LogP contribution < -0.4 is 0 Å². The highest BCUT2D eigenvalue weighted by atomic mass is 19.4. The minimum absolute atomic E-state index is 0.00220. The van der Waals surface area contributed by atoms with Gasteiger partial charge in [-0.15, -0.1) is 0 Å². The van der Waals surface area contributed by atoms with Crippen molar-refractivity contribution in [3.8, 4) is 0 Å². The fourth-order valence-electron chi connectivity index (χ4n) is 3.24. The number of rotatable bonds is 4. The van der Waals surface area contributed by atoms with Gasteiger partial charge in [-0.2, -0.15) is 13.2 Å². The number of halogens is 5. The van der Waals surface area contributed by atoms with E-state index in [9.17, 15) is 26.7 Å². The standard InChI is InChI=1S/C20H19F5N2O2/c21-19(22)7-9-27(18(28)29-13-14-4-2-1-3-5-14)12-17(19)15-6-8-26-16(10-15)11-20(23,24)25/h1-6,8,10,17H,7,9,11-13H2. The van der Waals surface area contributed by atoms with Crippen molar-refractivity contribution < 1.29 is 31.5 Å². The van der Waals surface area contributed by atoms with Crippen LogP contribution in [0, 0.1) is 0 Å². The Labute approximate surface area is 164 Å². The highest BCUT2D eigenvalue weighted by molar-refractivity contribution is 5.68. The van der Waals surface area contributed by atoms with Crippen molar-refractivity contribution in [2.75, 3.05) is 13.1 Å². The number of amides is 1. The number of alkyl halides is 5. The first-order valence-corrected chi connectivity index (χ1v) is 8.99. The summed E-state index contributed by atoms with van der Waals surface area (Å²) in [6.07, 6.45) is -6.05. The van der Waals surface area contributed by atoms with Crippen LogP contribution in [0.2, 0.25) is 0 Å². The van der Waals surface area contributed by atoms with Crippen molar-refractivity contribution in [1.82, 2.24) is 9.88 Å². The Kier molecular flexibility index (Phi) is 6.04. The Morgan fingerprint density at radius 1 is 1.21 bits per heavy atom. The number of benzene rings is 1. The van der Waals surface area contributed by atoms with Gasteiger partial charge in [0.2, 0.25) is 0 Å². The van der Waals surface area contributed by atoms with Crippen LogP contribution in [-0.2, 0) is 17.8 Å². The second-order valence-electron chi connectivity index (χ2n) is 6.92. The van der Waals surface area contributed by atoms with Gasteiger partial charge in [0.15, 0.2) is 0 Å². The number of pyridine rings is 1. The van der Waals surface area contributed by atoms with Crippen molar-refractivity contribution in [3.63, 3.8) is 0 Å². The second kappa shape index (κ2) is 8.34. The van der Waals surface area contributed by atoms with Crippen LogP contribution in [-0.4, -0.2) is 41.2 Å². The maximum atomic E-state index is 14.5. The molecule has 0 N–H and O–H groups in total. The molecule has 1 atom stereocenters. The Morgan fingerprint density at radius 3 is 2.62 bits per heavy atom. The maximum Gasteiger partial charge on any atom is 0.410 e. The van der Waals surface area contributed by atoms with E-state index in [0.717, 1.165) is 22.7 Å². The summed E-state index contributed by atoms with van der Waals surface area (Å²) in [7, 11) is 0. The number of carbonyl (C=O) groups is 1. The minimum atomic E-state index is -4.49. The Bertz CT molecular complexity index is 842. The average molecular weight is 414 g/mol. The summed E-state index contributed by atoms with van der Waals surface area (Å²) in [5, 5.41) is 0. The van der Waals surface area contributed by atoms with E-state index in [4.69, 9.17) is 4.74 Å². The molecular weight excluding hydrogens is 395 g/mol. The molecule has 0 saturated carbocycles. The third kappa shape index (κ3) is 5.65. The zero-order valence-electron chi connectivity index (χ0n) is 15.3. The molecule has 156 valence electrons. The molecular formula is C20H19F5N2O2. The van der Waals surface area contributed by atoms with Gasteiger partial charge in [0.1, 0.15) is 6.61 Å². The molecule has 1 aliphatic rings. The molecule has 4 nitrogen and oxygen atoms in total. The molecule has 1 saturated heterocycles. The van der Waals surface area contributed by atoms with Crippen molar-refractivity contribution in [1.29, 1.82) is 0 Å². The number of carbonyl (C=O) groups excluding carboxylic acids is 1. The quantitative estimate of drug-likeness (QED) is 0.665. The van der Waals surface area contributed by atoms with Gasteiger partial charge in [0.25, 0.3) is 5.92 Å². The number of aromatic nitrogens is 1. The lowest BCUT2D eigenvalue weighted by molar-refractivity contribution is -0.127. The lowest BCUT2D eigenvalue weighted by Gasteiger charge is -2.38. The van der Waals surface area contributed by atoms with Crippen molar-refractivity contribution >= 4 is 6.09 Å². The van der Waals surface area contributed by atoms with Gasteiger partial charge in [-0.3, -0.25) is 4.98 Å². The summed E-state index contributed by atoms with van der Waals surface area (Å²) in [6, 6.07) is 11.2. The van der Waals surface area contributed by atoms with E-state index in [1.807, 2.05) is 6.07 Å². The Balaban J connectivity index is 1.71. The lowest BCUT2D eigenvalue weighted by Crippen LogP contribution is -2.48. The smallest absolute Gasteiger partial charge is 0.410 e. The minimum Gasteiger partial charge on any atom is -0.445 e. The molecule has 1 unspecified atom stereocenters. The zero-order chi connectivity index (χ0) is 21.1. The molecule has 9 heteroatoms. The van der Waals surface area contributed by atoms with Crippen LogP contribution in [0.4, 0.5) is 26.7 Å². The third-order valence-corrected chi connectivity index (χ3v) is 4.72. The number of piperidine rings is 1. The molecule has 1 aromatic heterocycles.